The molecule has 0 radical (unpaired) electrons. The van der Waals surface area contributed by atoms with Gasteiger partial charge in [-0.05, 0) is 141 Å². The van der Waals surface area contributed by atoms with Crippen LogP contribution in [0.5, 0.6) is 0 Å². The number of likely N-dealkylation sites (N-methyl/N-ethyl adjacent to an activating group) is 2. The molecule has 6 N–H and O–H groups in total. The van der Waals surface area contributed by atoms with Gasteiger partial charge in [-0.2, -0.15) is 0 Å². The van der Waals surface area contributed by atoms with E-state index in [0.29, 0.717) is 28.2 Å². The first-order chi connectivity index (χ1) is 47.6. The molecule has 12 rings (SSSR count). The number of ether oxygens (including phenoxy) is 2. The topological polar surface area (TPSA) is 268 Å². The third-order valence-electron chi connectivity index (χ3n) is 18.2. The number of rotatable bonds is 6. The number of halogens is 7. The third-order valence-corrected chi connectivity index (χ3v) is 18.6. The van der Waals surface area contributed by atoms with Gasteiger partial charge in [-0.3, -0.25) is 38.3 Å². The number of nitrogens with two attached hydrogens (primary N) is 2. The van der Waals surface area contributed by atoms with E-state index >= 15 is 22.0 Å². The van der Waals surface area contributed by atoms with Crippen LogP contribution in [0.1, 0.15) is 125 Å². The minimum atomic E-state index is -1.85. The zero-order valence-corrected chi connectivity index (χ0v) is 60.0. The van der Waals surface area contributed by atoms with Gasteiger partial charge in [0.2, 0.25) is 0 Å². The highest BCUT2D eigenvalue weighted by molar-refractivity contribution is 6.60. The van der Waals surface area contributed by atoms with Crippen LogP contribution in [-0.4, -0.2) is 146 Å². The van der Waals surface area contributed by atoms with E-state index in [4.69, 9.17) is 42.6 Å². The summed E-state index contributed by atoms with van der Waals surface area (Å²) in [6.45, 7) is 25.1. The highest BCUT2D eigenvalue weighted by Gasteiger charge is 2.50. The van der Waals surface area contributed by atoms with E-state index in [1.54, 1.807) is 104 Å². The molecule has 4 amide bonds. The molecule has 8 aromatic rings. The molecule has 2 fully saturated rings. The normalized spacial score (nSPS) is 17.3. The first kappa shape index (κ1) is 77.3. The molecular formula is C73H84BClF6N12O10. The van der Waals surface area contributed by atoms with E-state index in [0.717, 1.165) is 33.4 Å². The van der Waals surface area contributed by atoms with Crippen LogP contribution in [0.4, 0.5) is 70.1 Å². The lowest BCUT2D eigenvalue weighted by atomic mass is 9.78. The summed E-state index contributed by atoms with van der Waals surface area (Å²) in [7, 11) is 1.02. The van der Waals surface area contributed by atoms with Gasteiger partial charge in [0.1, 0.15) is 63.0 Å². The zero-order chi connectivity index (χ0) is 75.3. The Kier molecular flexibility index (Phi) is 21.6. The van der Waals surface area contributed by atoms with Crippen molar-refractivity contribution in [1.82, 2.24) is 28.9 Å². The molecule has 8 heterocycles. The number of fused-ring (bicyclic) bond motifs is 10. The molecule has 0 unspecified atom stereocenters. The molecule has 4 aromatic heterocycles. The van der Waals surface area contributed by atoms with Crippen molar-refractivity contribution in [2.75, 3.05) is 71.3 Å². The van der Waals surface area contributed by atoms with E-state index in [1.165, 1.54) is 58.0 Å². The number of carbonyl (C=O) groups is 4. The number of nitrogen functional groups attached to an aromatic ring is 2. The van der Waals surface area contributed by atoms with Gasteiger partial charge in [-0.15, -0.1) is 0 Å². The summed E-state index contributed by atoms with van der Waals surface area (Å²) in [6, 6.07) is 10.3. The summed E-state index contributed by atoms with van der Waals surface area (Å²) in [6.07, 6.45) is 1.99. The van der Waals surface area contributed by atoms with E-state index in [2.05, 4.69) is 9.97 Å². The van der Waals surface area contributed by atoms with E-state index < -0.39 is 129 Å². The fourth-order valence-corrected chi connectivity index (χ4v) is 13.7. The van der Waals surface area contributed by atoms with E-state index in [1.807, 2.05) is 27.7 Å². The fourth-order valence-electron chi connectivity index (χ4n) is 13.6. The number of aryl methyl sites for hydroxylation is 2. The van der Waals surface area contributed by atoms with Crippen molar-refractivity contribution in [3.63, 3.8) is 0 Å². The first-order valence-corrected chi connectivity index (χ1v) is 33.3. The molecule has 4 aliphatic heterocycles. The minimum absolute atomic E-state index is 0. The maximum atomic E-state index is 17.3. The number of piperazine rings is 2. The summed E-state index contributed by atoms with van der Waals surface area (Å²) < 4.78 is 106. The van der Waals surface area contributed by atoms with Crippen LogP contribution in [0.3, 0.4) is 0 Å². The van der Waals surface area contributed by atoms with Crippen LogP contribution in [0.2, 0.25) is 5.02 Å². The lowest BCUT2D eigenvalue weighted by Crippen LogP contribution is -2.66. The second-order valence-corrected chi connectivity index (χ2v) is 28.8. The standard InChI is InChI=1S/C36H39F3N6O4.C30H34ClF2N5O4.C6H7BFNO2.CH4/c1-17(2)28-29(18(3)12-13-41-28)45-30-20(14-22(38)26(27(30)39)25-21(37)10-9-11-23(25)40)31-32(34(45)47)42(8)33(46)24-16-43(19(4)15-44(24)31)35(48)49-36(5,6)7;1-14(2)22-23(15(3)9-10-34-22)38-24-17(11-18(32)20(31)21(24)33)25-26(28(38)40)35(8)27(39)19-13-36(16(4)12-37(19)25)29(41)42-30(5,6)7;8-4-2-1-3-5(9)6(4)7(10)11;/h9-14,17,19,24H,15-16,40H2,1-8H3;9-11,14,16,19H,12-13H2,1-8H3;1-3,10-11H,9H2;1H4/t19-,24-;16-,19-;;/m11../s1. The zero-order valence-electron chi connectivity index (χ0n) is 59.2. The largest absolute Gasteiger partial charge is 0.493 e. The second kappa shape index (κ2) is 28.8. The molecule has 4 atom stereocenters. The maximum Gasteiger partial charge on any atom is 0.493 e. The highest BCUT2D eigenvalue weighted by Crippen LogP contribution is 2.48. The number of carbonyl (C=O) groups excluding carboxylic acids is 4. The summed E-state index contributed by atoms with van der Waals surface area (Å²) in [4.78, 5) is 101. The maximum absolute atomic E-state index is 17.3. The number of anilines is 6. The summed E-state index contributed by atoms with van der Waals surface area (Å²) >= 11 is 6.10. The van der Waals surface area contributed by atoms with Crippen LogP contribution in [0, 0.1) is 48.8 Å². The molecule has 22 nitrogen and oxygen atoms in total. The predicted octanol–water partition coefficient (Wildman–Crippen LogP) is 11.5. The summed E-state index contributed by atoms with van der Waals surface area (Å²) in [5.41, 5.74) is 9.21. The quantitative estimate of drug-likeness (QED) is 0.0521. The molecule has 2 saturated heterocycles. The van der Waals surface area contributed by atoms with Crippen LogP contribution < -0.4 is 47.6 Å². The Morgan fingerprint density at radius 1 is 0.573 bits per heavy atom. The van der Waals surface area contributed by atoms with Gasteiger partial charge >= 0.3 is 19.3 Å². The Bertz CT molecular complexity index is 4850. The number of amides is 4. The number of nitrogens with zero attached hydrogens (tertiary/aromatic N) is 10. The summed E-state index contributed by atoms with van der Waals surface area (Å²) in [5, 5.41) is 16.5. The molecule has 0 saturated carbocycles. The van der Waals surface area contributed by atoms with Gasteiger partial charge in [0.25, 0.3) is 22.9 Å². The van der Waals surface area contributed by atoms with Crippen molar-refractivity contribution in [2.45, 2.75) is 152 Å². The molecule has 0 aliphatic carbocycles. The number of aromatic nitrogens is 4. The molecule has 548 valence electrons. The third kappa shape index (κ3) is 13.9. The number of pyridine rings is 4. The smallest absolute Gasteiger partial charge is 0.444 e. The molecule has 0 bridgehead atoms. The Balaban J connectivity index is 0.000000208. The monoisotopic (exact) mass is 1450 g/mol. The van der Waals surface area contributed by atoms with Crippen molar-refractivity contribution in [1.29, 1.82) is 0 Å². The van der Waals surface area contributed by atoms with E-state index in [9.17, 15) is 33.2 Å². The van der Waals surface area contributed by atoms with Gasteiger partial charge in [-0.25, -0.2) is 35.9 Å². The van der Waals surface area contributed by atoms with E-state index in [-0.39, 0.29) is 113 Å². The Morgan fingerprint density at radius 2 is 0.971 bits per heavy atom. The molecule has 0 spiro atoms. The number of hydrogen-bond donors (Lipinski definition) is 4. The molecule has 4 aliphatic rings. The SMILES string of the molecule is C.Cc1ccnc(C(C)C)c1-n1c(=O)c2c(c3cc(F)c(-c4c(N)cccc4F)c(F)c31)N1C[C@@H](C)N(C(=O)OC(C)(C)C)C[C@@H]1C(=O)N2C.Cc1ccnc(C(C)C)c1-n1c(=O)c2c(c3cc(F)c(Cl)c(F)c31)N1C[C@@H](C)N(C(=O)OC(C)(C)C)C[C@@H]1C(=O)N2C.Nc1cccc(F)c1B(O)O. The fraction of sp³-hybridized carbons (Fsp3) is 0.397. The van der Waals surface area contributed by atoms with Crippen molar-refractivity contribution >= 4 is 104 Å². The van der Waals surface area contributed by atoms with Crippen molar-refractivity contribution in [3.8, 4) is 22.5 Å². The minimum Gasteiger partial charge on any atom is -0.444 e. The van der Waals surface area contributed by atoms with Crippen LogP contribution >= 0.6 is 11.6 Å². The van der Waals surface area contributed by atoms with Crippen molar-refractivity contribution in [2.24, 2.45) is 0 Å². The van der Waals surface area contributed by atoms with Gasteiger partial charge in [0, 0.05) is 84.8 Å². The Labute approximate surface area is 597 Å². The average molecular weight is 1450 g/mol. The van der Waals surface area contributed by atoms with Gasteiger partial charge in [0.05, 0.1) is 63.8 Å². The lowest BCUT2D eigenvalue weighted by Gasteiger charge is -2.50. The Hall–Kier alpha value is -9.87. The van der Waals surface area contributed by atoms with Crippen molar-refractivity contribution < 1.29 is 65.0 Å². The van der Waals surface area contributed by atoms with Gasteiger partial charge < -0.3 is 60.4 Å². The van der Waals surface area contributed by atoms with Crippen LogP contribution in [0.15, 0.2) is 82.6 Å². The number of benzene rings is 4. The lowest BCUT2D eigenvalue weighted by molar-refractivity contribution is -0.121. The molecular weight excluding hydrogens is 1370 g/mol. The Morgan fingerprint density at radius 3 is 1.35 bits per heavy atom. The first-order valence-electron chi connectivity index (χ1n) is 32.9. The van der Waals surface area contributed by atoms with Crippen molar-refractivity contribution in [3.05, 3.63) is 156 Å². The summed E-state index contributed by atoms with van der Waals surface area (Å²) in [5.74, 6) is -7.38. The molecule has 30 heteroatoms. The highest BCUT2D eigenvalue weighted by atomic mass is 35.5. The second-order valence-electron chi connectivity index (χ2n) is 28.4. The van der Waals surface area contributed by atoms with Gasteiger partial charge in [0.15, 0.2) is 11.6 Å². The van der Waals surface area contributed by atoms with Crippen LogP contribution in [0.25, 0.3) is 44.3 Å². The number of hydrogen-bond acceptors (Lipinski definition) is 16. The average Bonchev–Trinajstić information content (AvgIpc) is 0.704. The molecule has 103 heavy (non-hydrogen) atoms. The predicted molar refractivity (Wildman–Crippen MR) is 388 cm³/mol. The molecule has 4 aromatic carbocycles. The van der Waals surface area contributed by atoms with Gasteiger partial charge in [-0.1, -0.05) is 58.9 Å². The van der Waals surface area contributed by atoms with Crippen LogP contribution in [-0.2, 0) is 19.1 Å².